The molecule has 0 spiro atoms. The molecule has 6 heteroatoms. The maximum absolute atomic E-state index is 12.0. The van der Waals surface area contributed by atoms with Gasteiger partial charge in [-0.25, -0.2) is 4.98 Å². The van der Waals surface area contributed by atoms with E-state index in [0.717, 1.165) is 60.6 Å². The highest BCUT2D eigenvalue weighted by atomic mass is 16.1. The fourth-order valence-corrected chi connectivity index (χ4v) is 3.54. The monoisotopic (exact) mass is 379 g/mol. The summed E-state index contributed by atoms with van der Waals surface area (Å²) in [5.74, 6) is 0.651. The van der Waals surface area contributed by atoms with Crippen LogP contribution in [0.25, 0.3) is 11.4 Å². The Morgan fingerprint density at radius 1 is 1.18 bits per heavy atom. The van der Waals surface area contributed by atoms with Gasteiger partial charge in [-0.05, 0) is 57.8 Å². The van der Waals surface area contributed by atoms with E-state index in [9.17, 15) is 4.79 Å². The van der Waals surface area contributed by atoms with Crippen molar-refractivity contribution in [2.75, 3.05) is 13.6 Å². The highest BCUT2D eigenvalue weighted by Crippen LogP contribution is 2.21. The molecule has 28 heavy (non-hydrogen) atoms. The number of aryl methyl sites for hydroxylation is 3. The summed E-state index contributed by atoms with van der Waals surface area (Å²) >= 11 is 0. The lowest BCUT2D eigenvalue weighted by Crippen LogP contribution is -2.20. The minimum absolute atomic E-state index is 0.101. The van der Waals surface area contributed by atoms with Crippen LogP contribution in [0.15, 0.2) is 35.1 Å². The van der Waals surface area contributed by atoms with Crippen LogP contribution in [0.1, 0.15) is 41.6 Å². The van der Waals surface area contributed by atoms with Gasteiger partial charge >= 0.3 is 0 Å². The van der Waals surface area contributed by atoms with E-state index in [4.69, 9.17) is 0 Å². The number of H-pyrrole nitrogens is 2. The van der Waals surface area contributed by atoms with Gasteiger partial charge in [0.1, 0.15) is 5.82 Å². The standard InChI is InChI=1S/C22H29N5O/c1-5-18-13-21(28)24-22(23-18)20-10-7-6-9-17(20)14-27(4)12-8-11-19-15(2)25-26-16(19)3/h6-7,9-10,13H,5,8,11-12,14H2,1-4H3,(H,25,26)(H,23,24,28). The van der Waals surface area contributed by atoms with Gasteiger partial charge in [-0.1, -0.05) is 31.2 Å². The maximum atomic E-state index is 12.0. The zero-order chi connectivity index (χ0) is 20.1. The second-order valence-corrected chi connectivity index (χ2v) is 7.35. The fourth-order valence-electron chi connectivity index (χ4n) is 3.54. The van der Waals surface area contributed by atoms with Crippen LogP contribution in [-0.4, -0.2) is 38.7 Å². The largest absolute Gasteiger partial charge is 0.307 e. The highest BCUT2D eigenvalue weighted by molar-refractivity contribution is 5.60. The molecule has 148 valence electrons. The van der Waals surface area contributed by atoms with Gasteiger partial charge in [-0.3, -0.25) is 9.89 Å². The van der Waals surface area contributed by atoms with Gasteiger partial charge in [-0.2, -0.15) is 5.10 Å². The first kappa shape index (κ1) is 20.0. The molecule has 3 aromatic rings. The number of aromatic nitrogens is 4. The predicted octanol–water partition coefficient (Wildman–Crippen LogP) is 3.40. The summed E-state index contributed by atoms with van der Waals surface area (Å²) in [7, 11) is 2.13. The molecule has 0 saturated carbocycles. The van der Waals surface area contributed by atoms with Crippen molar-refractivity contribution < 1.29 is 0 Å². The lowest BCUT2D eigenvalue weighted by atomic mass is 10.1. The fraction of sp³-hybridized carbons (Fsp3) is 0.409. The molecule has 3 rings (SSSR count). The predicted molar refractivity (Wildman–Crippen MR) is 112 cm³/mol. The van der Waals surface area contributed by atoms with Crippen LogP contribution >= 0.6 is 0 Å². The number of rotatable bonds is 8. The summed E-state index contributed by atoms with van der Waals surface area (Å²) < 4.78 is 0. The highest BCUT2D eigenvalue weighted by Gasteiger charge is 2.11. The molecule has 0 atom stereocenters. The number of nitrogens with one attached hydrogen (secondary N) is 2. The molecule has 2 heterocycles. The summed E-state index contributed by atoms with van der Waals surface area (Å²) in [6.45, 7) is 7.93. The van der Waals surface area contributed by atoms with Crippen molar-refractivity contribution in [3.05, 3.63) is 68.9 Å². The zero-order valence-electron chi connectivity index (χ0n) is 17.2. The number of nitrogens with zero attached hydrogens (tertiary/aromatic N) is 3. The quantitative estimate of drug-likeness (QED) is 0.629. The molecule has 0 saturated heterocycles. The van der Waals surface area contributed by atoms with Crippen molar-refractivity contribution in [1.82, 2.24) is 25.1 Å². The second kappa shape index (κ2) is 8.97. The Labute approximate surface area is 166 Å². The SMILES string of the molecule is CCc1cc(=O)[nH]c(-c2ccccc2CN(C)CCCc2c(C)n[nH]c2C)n1. The summed E-state index contributed by atoms with van der Waals surface area (Å²) in [5.41, 5.74) is 6.45. The normalized spacial score (nSPS) is 11.3. The summed E-state index contributed by atoms with van der Waals surface area (Å²) in [6.07, 6.45) is 2.83. The molecule has 0 fully saturated rings. The van der Waals surface area contributed by atoms with Crippen LogP contribution in [0, 0.1) is 13.8 Å². The third-order valence-electron chi connectivity index (χ3n) is 5.12. The minimum Gasteiger partial charge on any atom is -0.307 e. The van der Waals surface area contributed by atoms with Crippen LogP contribution < -0.4 is 5.56 Å². The van der Waals surface area contributed by atoms with Crippen LogP contribution in [0.3, 0.4) is 0 Å². The third kappa shape index (κ3) is 4.75. The van der Waals surface area contributed by atoms with Crippen molar-refractivity contribution in [3.63, 3.8) is 0 Å². The lowest BCUT2D eigenvalue weighted by molar-refractivity contribution is 0.322. The van der Waals surface area contributed by atoms with Crippen LogP contribution in [0.5, 0.6) is 0 Å². The Hall–Kier alpha value is -2.73. The first-order valence-corrected chi connectivity index (χ1v) is 9.85. The first-order chi connectivity index (χ1) is 13.5. The maximum Gasteiger partial charge on any atom is 0.251 e. The molecule has 2 N–H and O–H groups in total. The van der Waals surface area contributed by atoms with Gasteiger partial charge in [0, 0.05) is 29.6 Å². The Balaban J connectivity index is 1.69. The van der Waals surface area contributed by atoms with E-state index in [1.807, 2.05) is 25.1 Å². The number of benzene rings is 1. The molecule has 0 radical (unpaired) electrons. The van der Waals surface area contributed by atoms with Crippen LogP contribution in [0.4, 0.5) is 0 Å². The van der Waals surface area contributed by atoms with Gasteiger partial charge in [0.05, 0.1) is 5.69 Å². The molecular weight excluding hydrogens is 350 g/mol. The summed E-state index contributed by atoms with van der Waals surface area (Å²) in [5, 5.41) is 7.33. The summed E-state index contributed by atoms with van der Waals surface area (Å²) in [4.78, 5) is 21.8. The average Bonchev–Trinajstić information content (AvgIpc) is 3.00. The van der Waals surface area contributed by atoms with Crippen molar-refractivity contribution in [3.8, 4) is 11.4 Å². The topological polar surface area (TPSA) is 77.7 Å². The molecule has 0 amide bonds. The molecule has 0 aliphatic rings. The van der Waals surface area contributed by atoms with Crippen LogP contribution in [0.2, 0.25) is 0 Å². The number of aromatic amines is 2. The van der Waals surface area contributed by atoms with Gasteiger partial charge in [0.25, 0.3) is 5.56 Å². The van der Waals surface area contributed by atoms with E-state index in [0.29, 0.717) is 5.82 Å². The lowest BCUT2D eigenvalue weighted by Gasteiger charge is -2.19. The second-order valence-electron chi connectivity index (χ2n) is 7.35. The molecule has 0 aliphatic carbocycles. The molecule has 6 nitrogen and oxygen atoms in total. The van der Waals surface area contributed by atoms with E-state index >= 15 is 0 Å². The van der Waals surface area contributed by atoms with Crippen molar-refractivity contribution in [2.45, 2.75) is 46.6 Å². The van der Waals surface area contributed by atoms with Crippen molar-refractivity contribution >= 4 is 0 Å². The third-order valence-corrected chi connectivity index (χ3v) is 5.12. The van der Waals surface area contributed by atoms with Crippen molar-refractivity contribution in [1.29, 1.82) is 0 Å². The number of hydrogen-bond acceptors (Lipinski definition) is 4. The molecule has 0 aliphatic heterocycles. The zero-order valence-corrected chi connectivity index (χ0v) is 17.2. The Kier molecular flexibility index (Phi) is 6.41. The number of hydrogen-bond donors (Lipinski definition) is 2. The van der Waals surface area contributed by atoms with E-state index in [-0.39, 0.29) is 5.56 Å². The first-order valence-electron chi connectivity index (χ1n) is 9.85. The van der Waals surface area contributed by atoms with E-state index in [1.165, 1.54) is 5.56 Å². The molecule has 2 aromatic heterocycles. The van der Waals surface area contributed by atoms with E-state index in [1.54, 1.807) is 6.07 Å². The molecule has 0 bridgehead atoms. The Bertz CT molecular complexity index is 969. The molecule has 0 unspecified atom stereocenters. The smallest absolute Gasteiger partial charge is 0.251 e. The Morgan fingerprint density at radius 2 is 1.96 bits per heavy atom. The molecular formula is C22H29N5O. The van der Waals surface area contributed by atoms with Crippen LogP contribution in [-0.2, 0) is 19.4 Å². The Morgan fingerprint density at radius 3 is 2.68 bits per heavy atom. The summed E-state index contributed by atoms with van der Waals surface area (Å²) in [6, 6.07) is 9.72. The van der Waals surface area contributed by atoms with Gasteiger partial charge in [0.15, 0.2) is 0 Å². The van der Waals surface area contributed by atoms with Gasteiger partial charge < -0.3 is 9.88 Å². The van der Waals surface area contributed by atoms with Gasteiger partial charge in [-0.15, -0.1) is 0 Å². The van der Waals surface area contributed by atoms with E-state index < -0.39 is 0 Å². The molecule has 1 aromatic carbocycles. The average molecular weight is 380 g/mol. The van der Waals surface area contributed by atoms with Gasteiger partial charge in [0.2, 0.25) is 0 Å². The van der Waals surface area contributed by atoms with E-state index in [2.05, 4.69) is 52.0 Å². The minimum atomic E-state index is -0.101. The van der Waals surface area contributed by atoms with Crippen molar-refractivity contribution in [2.24, 2.45) is 0 Å².